The number of ether oxygens (including phenoxy) is 2. The Labute approximate surface area is 126 Å². The summed E-state index contributed by atoms with van der Waals surface area (Å²) in [6, 6.07) is 4.96. The molecule has 2 aliphatic heterocycles. The molecule has 2 heterocycles. The van der Waals surface area contributed by atoms with Gasteiger partial charge in [0, 0.05) is 11.1 Å². The SMILES string of the molecule is COc1cc2c(cc1OC)[C@H]([NH+]1CC[NH+](C)CC1)C[NH2+]C2. The summed E-state index contributed by atoms with van der Waals surface area (Å²) in [4.78, 5) is 3.39. The van der Waals surface area contributed by atoms with Crippen LogP contribution in [0, 0.1) is 0 Å². The van der Waals surface area contributed by atoms with Crippen molar-refractivity contribution in [3.8, 4) is 11.5 Å². The second-order valence-electron chi connectivity index (χ2n) is 6.30. The Bertz CT molecular complexity index is 499. The third-order valence-electron chi connectivity index (χ3n) is 5.03. The predicted molar refractivity (Wildman–Crippen MR) is 80.1 cm³/mol. The van der Waals surface area contributed by atoms with Crippen molar-refractivity contribution in [2.75, 3.05) is 54.0 Å². The average molecular weight is 294 g/mol. The minimum absolute atomic E-state index is 0.585. The van der Waals surface area contributed by atoms with Gasteiger partial charge >= 0.3 is 0 Å². The van der Waals surface area contributed by atoms with E-state index in [1.807, 2.05) is 0 Å². The minimum atomic E-state index is 0.585. The number of benzene rings is 1. The third kappa shape index (κ3) is 2.86. The number of fused-ring (bicyclic) bond motifs is 1. The van der Waals surface area contributed by atoms with Crippen LogP contribution in [0.1, 0.15) is 17.2 Å². The van der Waals surface area contributed by atoms with Gasteiger partial charge in [-0.1, -0.05) is 0 Å². The van der Waals surface area contributed by atoms with Gasteiger partial charge in [0.15, 0.2) is 17.5 Å². The first-order chi connectivity index (χ1) is 10.2. The Hall–Kier alpha value is -1.30. The number of quaternary nitrogens is 3. The molecule has 1 atom stereocenters. The molecule has 1 aromatic carbocycles. The van der Waals surface area contributed by atoms with Gasteiger partial charge in [-0.15, -0.1) is 0 Å². The molecule has 2 aliphatic rings. The zero-order chi connectivity index (χ0) is 14.8. The lowest BCUT2D eigenvalue weighted by atomic mass is 9.94. The van der Waals surface area contributed by atoms with E-state index in [9.17, 15) is 0 Å². The second kappa shape index (κ2) is 6.22. The van der Waals surface area contributed by atoms with Gasteiger partial charge in [0.1, 0.15) is 39.3 Å². The molecular formula is C16H28N3O2+3. The number of rotatable bonds is 3. The summed E-state index contributed by atoms with van der Waals surface area (Å²) in [7, 11) is 5.73. The van der Waals surface area contributed by atoms with E-state index in [1.165, 1.54) is 43.9 Å². The molecule has 0 radical (unpaired) electrons. The van der Waals surface area contributed by atoms with Crippen molar-refractivity contribution >= 4 is 0 Å². The zero-order valence-corrected chi connectivity index (χ0v) is 13.4. The molecular weight excluding hydrogens is 266 g/mol. The number of likely N-dealkylation sites (N-methyl/N-ethyl adjacent to an activating group) is 1. The number of nitrogens with one attached hydrogen (secondary N) is 2. The van der Waals surface area contributed by atoms with E-state index < -0.39 is 0 Å². The Balaban J connectivity index is 1.90. The Morgan fingerprint density at radius 2 is 1.71 bits per heavy atom. The zero-order valence-electron chi connectivity index (χ0n) is 13.4. The summed E-state index contributed by atoms with van der Waals surface area (Å²) in [5.74, 6) is 1.71. The van der Waals surface area contributed by atoms with E-state index in [2.05, 4.69) is 24.5 Å². The summed E-state index contributed by atoms with van der Waals surface area (Å²) >= 11 is 0. The standard InChI is InChI=1S/C16H25N3O2/c1-18-4-6-19(7-5-18)14-11-17-10-12-8-15(20-2)16(21-3)9-13(12)14/h8-9,14,17H,4-7,10-11H2,1-3H3/p+3/t14-/m1/s1. The summed E-state index contributed by atoms with van der Waals surface area (Å²) < 4.78 is 11.0. The fraction of sp³-hybridized carbons (Fsp3) is 0.625. The van der Waals surface area contributed by atoms with Gasteiger partial charge in [-0.2, -0.15) is 0 Å². The van der Waals surface area contributed by atoms with Crippen LogP contribution in [0.3, 0.4) is 0 Å². The maximum Gasteiger partial charge on any atom is 0.164 e. The van der Waals surface area contributed by atoms with Crippen molar-refractivity contribution in [2.24, 2.45) is 0 Å². The molecule has 0 bridgehead atoms. The normalized spacial score (nSPS) is 28.8. The first kappa shape index (κ1) is 14.6. The maximum atomic E-state index is 5.51. The molecule has 4 N–H and O–H groups in total. The van der Waals surface area contributed by atoms with Crippen LogP contribution >= 0.6 is 0 Å². The van der Waals surface area contributed by atoms with Crippen LogP contribution in [0.5, 0.6) is 11.5 Å². The molecule has 0 aromatic heterocycles. The second-order valence-corrected chi connectivity index (χ2v) is 6.30. The molecule has 1 aromatic rings. The number of hydrogen-bond acceptors (Lipinski definition) is 2. The molecule has 0 spiro atoms. The maximum absolute atomic E-state index is 5.51. The van der Waals surface area contributed by atoms with Crippen molar-refractivity contribution in [2.45, 2.75) is 12.6 Å². The first-order valence-corrected chi connectivity index (χ1v) is 7.95. The molecule has 0 unspecified atom stereocenters. The molecule has 0 saturated carbocycles. The smallest absolute Gasteiger partial charge is 0.164 e. The molecule has 1 saturated heterocycles. The van der Waals surface area contributed by atoms with Crippen molar-refractivity contribution in [1.82, 2.24) is 0 Å². The van der Waals surface area contributed by atoms with Crippen molar-refractivity contribution < 1.29 is 24.6 Å². The van der Waals surface area contributed by atoms with Crippen LogP contribution < -0.4 is 24.6 Å². The number of nitrogens with two attached hydrogens (primary N) is 1. The Morgan fingerprint density at radius 3 is 2.38 bits per heavy atom. The van der Waals surface area contributed by atoms with Gasteiger partial charge in [-0.25, -0.2) is 0 Å². The molecule has 0 aliphatic carbocycles. The topological polar surface area (TPSA) is 44.0 Å². The van der Waals surface area contributed by atoms with Crippen molar-refractivity contribution in [1.29, 1.82) is 0 Å². The lowest BCUT2D eigenvalue weighted by Gasteiger charge is -2.35. The summed E-state index contributed by atoms with van der Waals surface area (Å²) in [6.07, 6.45) is 0. The van der Waals surface area contributed by atoms with E-state index in [-0.39, 0.29) is 0 Å². The molecule has 3 rings (SSSR count). The summed E-state index contributed by atoms with van der Waals surface area (Å²) in [5.41, 5.74) is 2.87. The van der Waals surface area contributed by atoms with Gasteiger partial charge in [0.05, 0.1) is 21.3 Å². The van der Waals surface area contributed by atoms with Crippen molar-refractivity contribution in [3.63, 3.8) is 0 Å². The minimum Gasteiger partial charge on any atom is -0.493 e. The van der Waals surface area contributed by atoms with Crippen LogP contribution in [0.15, 0.2) is 12.1 Å². The van der Waals surface area contributed by atoms with Crippen LogP contribution in [0.4, 0.5) is 0 Å². The Morgan fingerprint density at radius 1 is 1.05 bits per heavy atom. The van der Waals surface area contributed by atoms with E-state index >= 15 is 0 Å². The van der Waals surface area contributed by atoms with Gasteiger partial charge in [0.2, 0.25) is 0 Å². The largest absolute Gasteiger partial charge is 0.493 e. The quantitative estimate of drug-likeness (QED) is 0.565. The fourth-order valence-corrected chi connectivity index (χ4v) is 3.70. The van der Waals surface area contributed by atoms with E-state index in [1.54, 1.807) is 24.0 Å². The highest BCUT2D eigenvalue weighted by atomic mass is 16.5. The van der Waals surface area contributed by atoms with Gasteiger partial charge in [0.25, 0.3) is 0 Å². The van der Waals surface area contributed by atoms with E-state index in [0.717, 1.165) is 18.0 Å². The van der Waals surface area contributed by atoms with Crippen LogP contribution in [-0.2, 0) is 6.54 Å². The number of hydrogen-bond donors (Lipinski definition) is 3. The lowest BCUT2D eigenvalue weighted by molar-refractivity contribution is -1.03. The summed E-state index contributed by atoms with van der Waals surface area (Å²) in [5, 5.41) is 2.43. The monoisotopic (exact) mass is 294 g/mol. The highest BCUT2D eigenvalue weighted by Crippen LogP contribution is 2.33. The van der Waals surface area contributed by atoms with Gasteiger partial charge in [-0.3, -0.25) is 0 Å². The molecule has 0 amide bonds. The highest BCUT2D eigenvalue weighted by molar-refractivity contribution is 5.48. The van der Waals surface area contributed by atoms with E-state index in [0.29, 0.717) is 6.04 Å². The molecule has 5 nitrogen and oxygen atoms in total. The van der Waals surface area contributed by atoms with Gasteiger partial charge < -0.3 is 24.6 Å². The molecule has 5 heteroatoms. The first-order valence-electron chi connectivity index (χ1n) is 7.95. The average Bonchev–Trinajstić information content (AvgIpc) is 2.53. The van der Waals surface area contributed by atoms with Gasteiger partial charge in [-0.05, 0) is 12.1 Å². The lowest BCUT2D eigenvalue weighted by Crippen LogP contribution is -3.28. The van der Waals surface area contributed by atoms with Crippen molar-refractivity contribution in [3.05, 3.63) is 23.3 Å². The highest BCUT2D eigenvalue weighted by Gasteiger charge is 2.35. The third-order valence-corrected chi connectivity index (χ3v) is 5.03. The predicted octanol–water partition coefficient (Wildman–Crippen LogP) is -2.76. The van der Waals surface area contributed by atoms with Crippen LogP contribution in [-0.4, -0.2) is 54.0 Å². The number of methoxy groups -OCH3 is 2. The fourth-order valence-electron chi connectivity index (χ4n) is 3.70. The molecule has 21 heavy (non-hydrogen) atoms. The summed E-state index contributed by atoms with van der Waals surface area (Å²) in [6.45, 7) is 7.29. The van der Waals surface area contributed by atoms with E-state index in [4.69, 9.17) is 9.47 Å². The Kier molecular flexibility index (Phi) is 4.33. The van der Waals surface area contributed by atoms with Crippen LogP contribution in [0.2, 0.25) is 0 Å². The molecule has 116 valence electrons. The number of piperazine rings is 1. The molecule has 1 fully saturated rings. The van der Waals surface area contributed by atoms with Crippen LogP contribution in [0.25, 0.3) is 0 Å².